The highest BCUT2D eigenvalue weighted by Crippen LogP contribution is 2.41. The van der Waals surface area contributed by atoms with E-state index in [2.05, 4.69) is 0 Å². The molecule has 0 radical (unpaired) electrons. The molecule has 1 atom stereocenters. The number of sulfonamides is 1. The van der Waals surface area contributed by atoms with E-state index < -0.39 is 10.0 Å². The molecule has 3 rings (SSSR count). The Labute approximate surface area is 141 Å². The van der Waals surface area contributed by atoms with Gasteiger partial charge in [0.1, 0.15) is 0 Å². The molecule has 1 unspecified atom stereocenters. The number of carbonyl (C=O) groups is 1. The first kappa shape index (κ1) is 16.5. The van der Waals surface area contributed by atoms with Gasteiger partial charge in [0.25, 0.3) is 10.0 Å². The second-order valence-corrected chi connectivity index (χ2v) is 7.75. The van der Waals surface area contributed by atoms with Crippen LogP contribution in [0.1, 0.15) is 23.5 Å². The summed E-state index contributed by atoms with van der Waals surface area (Å²) in [6.45, 7) is 2.10. The van der Waals surface area contributed by atoms with E-state index >= 15 is 0 Å². The maximum atomic E-state index is 13.1. The summed E-state index contributed by atoms with van der Waals surface area (Å²) in [6, 6.07) is 14.1. The Balaban J connectivity index is 2.02. The number of ether oxygens (including phenoxy) is 1. The second kappa shape index (κ2) is 6.28. The lowest BCUT2D eigenvalue weighted by Crippen LogP contribution is -2.30. The minimum absolute atomic E-state index is 0.160. The van der Waals surface area contributed by atoms with E-state index in [1.807, 2.05) is 25.1 Å². The number of anilines is 1. The Bertz CT molecular complexity index is 876. The molecule has 0 aromatic heterocycles. The van der Waals surface area contributed by atoms with Gasteiger partial charge in [0.15, 0.2) is 0 Å². The summed E-state index contributed by atoms with van der Waals surface area (Å²) in [6.07, 6.45) is 0.160. The smallest absolute Gasteiger partial charge is 0.306 e. The van der Waals surface area contributed by atoms with Crippen LogP contribution in [0.5, 0.6) is 0 Å². The van der Waals surface area contributed by atoms with Crippen molar-refractivity contribution in [2.45, 2.75) is 24.2 Å². The van der Waals surface area contributed by atoms with Crippen molar-refractivity contribution >= 4 is 21.7 Å². The number of hydrogen-bond acceptors (Lipinski definition) is 4. The average molecular weight is 345 g/mol. The van der Waals surface area contributed by atoms with Crippen LogP contribution >= 0.6 is 0 Å². The molecule has 0 fully saturated rings. The molecule has 1 aliphatic rings. The van der Waals surface area contributed by atoms with Gasteiger partial charge in [-0.25, -0.2) is 8.42 Å². The quantitative estimate of drug-likeness (QED) is 0.800. The molecule has 2 aromatic carbocycles. The van der Waals surface area contributed by atoms with Crippen LogP contribution in [0.25, 0.3) is 0 Å². The number of rotatable bonds is 4. The van der Waals surface area contributed by atoms with Crippen molar-refractivity contribution in [3.05, 3.63) is 59.7 Å². The molecule has 0 bridgehead atoms. The molecule has 126 valence electrons. The zero-order valence-corrected chi connectivity index (χ0v) is 14.4. The SMILES string of the molecule is COC(=O)CC1CN(S(=O)(=O)c2cccc(C)c2)c2ccccc21. The van der Waals surface area contributed by atoms with Gasteiger partial charge in [-0.1, -0.05) is 30.3 Å². The normalized spacial score (nSPS) is 16.8. The molecule has 1 heterocycles. The molecular weight excluding hydrogens is 326 g/mol. The van der Waals surface area contributed by atoms with Crippen LogP contribution < -0.4 is 4.31 Å². The third-order valence-electron chi connectivity index (χ3n) is 4.25. The van der Waals surface area contributed by atoms with Crippen molar-refractivity contribution in [3.8, 4) is 0 Å². The molecular formula is C18H19NO4S. The van der Waals surface area contributed by atoms with Crippen molar-refractivity contribution in [1.82, 2.24) is 0 Å². The first-order valence-electron chi connectivity index (χ1n) is 7.68. The molecule has 0 N–H and O–H groups in total. The van der Waals surface area contributed by atoms with Crippen LogP contribution in [0.15, 0.2) is 53.4 Å². The highest BCUT2D eigenvalue weighted by Gasteiger charge is 2.37. The molecule has 5 nitrogen and oxygen atoms in total. The fourth-order valence-electron chi connectivity index (χ4n) is 3.05. The lowest BCUT2D eigenvalue weighted by atomic mass is 9.98. The molecule has 0 saturated heterocycles. The summed E-state index contributed by atoms with van der Waals surface area (Å²) in [4.78, 5) is 11.9. The molecule has 0 amide bonds. The highest BCUT2D eigenvalue weighted by atomic mass is 32.2. The van der Waals surface area contributed by atoms with Gasteiger partial charge in [0.2, 0.25) is 0 Å². The van der Waals surface area contributed by atoms with Crippen LogP contribution in [0, 0.1) is 6.92 Å². The van der Waals surface area contributed by atoms with Crippen molar-refractivity contribution in [3.63, 3.8) is 0 Å². The molecule has 1 aliphatic heterocycles. The minimum atomic E-state index is -3.67. The summed E-state index contributed by atoms with van der Waals surface area (Å²) in [5, 5.41) is 0. The summed E-state index contributed by atoms with van der Waals surface area (Å²) < 4.78 is 32.3. The first-order valence-corrected chi connectivity index (χ1v) is 9.12. The van der Waals surface area contributed by atoms with Gasteiger partial charge in [-0.05, 0) is 36.2 Å². The number of carbonyl (C=O) groups excluding carboxylic acids is 1. The maximum absolute atomic E-state index is 13.1. The monoisotopic (exact) mass is 345 g/mol. The van der Waals surface area contributed by atoms with Gasteiger partial charge in [-0.15, -0.1) is 0 Å². The minimum Gasteiger partial charge on any atom is -0.469 e. The average Bonchev–Trinajstić information content (AvgIpc) is 2.94. The largest absolute Gasteiger partial charge is 0.469 e. The molecule has 0 spiro atoms. The van der Waals surface area contributed by atoms with E-state index in [1.165, 1.54) is 11.4 Å². The number of esters is 1. The zero-order chi connectivity index (χ0) is 17.3. The van der Waals surface area contributed by atoms with Crippen molar-refractivity contribution in [2.75, 3.05) is 18.0 Å². The molecule has 2 aromatic rings. The zero-order valence-electron chi connectivity index (χ0n) is 13.6. The fourth-order valence-corrected chi connectivity index (χ4v) is 4.69. The third-order valence-corrected chi connectivity index (χ3v) is 6.03. The number of benzene rings is 2. The van der Waals surface area contributed by atoms with E-state index in [1.54, 1.807) is 30.3 Å². The van der Waals surface area contributed by atoms with E-state index in [9.17, 15) is 13.2 Å². The number of fused-ring (bicyclic) bond motifs is 1. The first-order chi connectivity index (χ1) is 11.4. The maximum Gasteiger partial charge on any atom is 0.306 e. The van der Waals surface area contributed by atoms with Crippen LogP contribution in [0.4, 0.5) is 5.69 Å². The van der Waals surface area contributed by atoms with Gasteiger partial charge in [0.05, 0.1) is 24.1 Å². The Morgan fingerprint density at radius 2 is 1.96 bits per heavy atom. The topological polar surface area (TPSA) is 63.7 Å². The Kier molecular flexibility index (Phi) is 4.32. The van der Waals surface area contributed by atoms with Crippen LogP contribution in [-0.4, -0.2) is 28.0 Å². The fraction of sp³-hybridized carbons (Fsp3) is 0.278. The van der Waals surface area contributed by atoms with Gasteiger partial charge in [-0.3, -0.25) is 9.10 Å². The standard InChI is InChI=1S/C18H19NO4S/c1-13-6-5-7-15(10-13)24(21,22)19-12-14(11-18(20)23-2)16-8-3-4-9-17(16)19/h3-10,14H,11-12H2,1-2H3. The summed E-state index contributed by atoms with van der Waals surface area (Å²) in [7, 11) is -2.33. The summed E-state index contributed by atoms with van der Waals surface area (Å²) >= 11 is 0. The predicted octanol–water partition coefficient (Wildman–Crippen LogP) is 2.85. The summed E-state index contributed by atoms with van der Waals surface area (Å²) in [5.74, 6) is -0.544. The number of nitrogens with zero attached hydrogens (tertiary/aromatic N) is 1. The molecule has 24 heavy (non-hydrogen) atoms. The number of para-hydroxylation sites is 1. The Morgan fingerprint density at radius 3 is 2.67 bits per heavy atom. The molecule has 0 aliphatic carbocycles. The van der Waals surface area contributed by atoms with E-state index in [0.717, 1.165) is 11.1 Å². The van der Waals surface area contributed by atoms with Gasteiger partial charge >= 0.3 is 5.97 Å². The lowest BCUT2D eigenvalue weighted by Gasteiger charge is -2.20. The second-order valence-electron chi connectivity index (χ2n) is 5.89. The van der Waals surface area contributed by atoms with E-state index in [0.29, 0.717) is 5.69 Å². The lowest BCUT2D eigenvalue weighted by molar-refractivity contribution is -0.140. The number of aryl methyl sites for hydroxylation is 1. The summed E-state index contributed by atoms with van der Waals surface area (Å²) in [5.41, 5.74) is 2.38. The molecule has 6 heteroatoms. The van der Waals surface area contributed by atoms with Gasteiger partial charge in [-0.2, -0.15) is 0 Å². The number of hydrogen-bond donors (Lipinski definition) is 0. The molecule has 0 saturated carbocycles. The van der Waals surface area contributed by atoms with Crippen LogP contribution in [-0.2, 0) is 19.6 Å². The predicted molar refractivity (Wildman–Crippen MR) is 91.5 cm³/mol. The van der Waals surface area contributed by atoms with Crippen molar-refractivity contribution < 1.29 is 17.9 Å². The van der Waals surface area contributed by atoms with Crippen molar-refractivity contribution in [2.24, 2.45) is 0 Å². The Morgan fingerprint density at radius 1 is 1.21 bits per heavy atom. The number of methoxy groups -OCH3 is 1. The van der Waals surface area contributed by atoms with Gasteiger partial charge < -0.3 is 4.74 Å². The van der Waals surface area contributed by atoms with Crippen LogP contribution in [0.3, 0.4) is 0 Å². The Hall–Kier alpha value is -2.34. The van der Waals surface area contributed by atoms with Gasteiger partial charge in [0, 0.05) is 12.5 Å². The third kappa shape index (κ3) is 2.89. The van der Waals surface area contributed by atoms with Crippen molar-refractivity contribution in [1.29, 1.82) is 0 Å². The highest BCUT2D eigenvalue weighted by molar-refractivity contribution is 7.92. The van der Waals surface area contributed by atoms with E-state index in [4.69, 9.17) is 4.74 Å². The van der Waals surface area contributed by atoms with Crippen LogP contribution in [0.2, 0.25) is 0 Å². The van der Waals surface area contributed by atoms with E-state index in [-0.39, 0.29) is 29.7 Å².